The summed E-state index contributed by atoms with van der Waals surface area (Å²) in [6.45, 7) is 1.99. The van der Waals surface area contributed by atoms with Crippen molar-refractivity contribution in [3.63, 3.8) is 0 Å². The van der Waals surface area contributed by atoms with Gasteiger partial charge in [-0.05, 0) is 23.4 Å². The zero-order chi connectivity index (χ0) is 18.8. The molecule has 138 valence electrons. The second-order valence-corrected chi connectivity index (χ2v) is 7.10. The first-order chi connectivity index (χ1) is 12.5. The van der Waals surface area contributed by atoms with Gasteiger partial charge in [-0.25, -0.2) is 0 Å². The van der Waals surface area contributed by atoms with Gasteiger partial charge in [0.1, 0.15) is 5.82 Å². The normalized spacial score (nSPS) is 16.0. The van der Waals surface area contributed by atoms with E-state index in [9.17, 15) is 9.59 Å². The summed E-state index contributed by atoms with van der Waals surface area (Å²) in [5.74, 6) is 1.93. The van der Waals surface area contributed by atoms with Crippen molar-refractivity contribution in [2.75, 3.05) is 25.3 Å². The highest BCUT2D eigenvalue weighted by molar-refractivity contribution is 7.99. The molecule has 0 spiro atoms. The van der Waals surface area contributed by atoms with Crippen LogP contribution < -0.4 is 20.3 Å². The molecule has 1 aromatic heterocycles. The minimum absolute atomic E-state index is 0.133. The van der Waals surface area contributed by atoms with Gasteiger partial charge in [0.05, 0.1) is 19.8 Å². The fraction of sp³-hybridized carbons (Fsp3) is 0.389. The van der Waals surface area contributed by atoms with E-state index < -0.39 is 0 Å². The molecule has 0 saturated heterocycles. The second-order valence-electron chi connectivity index (χ2n) is 5.87. The van der Waals surface area contributed by atoms with E-state index in [0.717, 1.165) is 11.3 Å². The number of rotatable bonds is 5. The topological polar surface area (TPSA) is 82.5 Å². The van der Waals surface area contributed by atoms with Crippen LogP contribution in [0.3, 0.4) is 0 Å². The summed E-state index contributed by atoms with van der Waals surface area (Å²) in [5.41, 5.74) is 1.00. The molecule has 0 radical (unpaired) electrons. The second kappa shape index (κ2) is 7.41. The molecule has 26 heavy (non-hydrogen) atoms. The maximum absolute atomic E-state index is 12.7. The Morgan fingerprint density at radius 1 is 1.27 bits per heavy atom. The molecule has 1 aromatic carbocycles. The quantitative estimate of drug-likeness (QED) is 0.638. The Hall–Kier alpha value is -2.48. The van der Waals surface area contributed by atoms with Crippen molar-refractivity contribution in [2.45, 2.75) is 24.4 Å². The maximum atomic E-state index is 12.7. The van der Waals surface area contributed by atoms with Crippen LogP contribution in [0.4, 0.5) is 5.82 Å². The lowest BCUT2D eigenvalue weighted by Gasteiger charge is -2.27. The molecule has 1 atom stereocenters. The summed E-state index contributed by atoms with van der Waals surface area (Å²) in [4.78, 5) is 29.3. The first-order valence-corrected chi connectivity index (χ1v) is 9.24. The van der Waals surface area contributed by atoms with E-state index in [2.05, 4.69) is 10.3 Å². The number of fused-ring (bicyclic) bond motifs is 1. The van der Waals surface area contributed by atoms with Gasteiger partial charge in [0.15, 0.2) is 16.7 Å². The number of hydrogen-bond donors (Lipinski definition) is 1. The van der Waals surface area contributed by atoms with Crippen molar-refractivity contribution in [3.05, 3.63) is 39.7 Å². The van der Waals surface area contributed by atoms with Gasteiger partial charge in [-0.1, -0.05) is 24.8 Å². The highest BCUT2D eigenvalue weighted by atomic mass is 32.2. The average Bonchev–Trinajstić information content (AvgIpc) is 2.64. The Kier molecular flexibility index (Phi) is 5.22. The van der Waals surface area contributed by atoms with Gasteiger partial charge in [-0.3, -0.25) is 9.59 Å². The van der Waals surface area contributed by atoms with Gasteiger partial charge in [-0.15, -0.1) is 0 Å². The van der Waals surface area contributed by atoms with Crippen molar-refractivity contribution in [3.8, 4) is 11.5 Å². The lowest BCUT2D eigenvalue weighted by atomic mass is 9.86. The van der Waals surface area contributed by atoms with E-state index in [1.54, 1.807) is 38.0 Å². The van der Waals surface area contributed by atoms with Crippen LogP contribution in [0.5, 0.6) is 11.5 Å². The number of methoxy groups -OCH3 is 2. The van der Waals surface area contributed by atoms with Gasteiger partial charge in [0.2, 0.25) is 5.91 Å². The van der Waals surface area contributed by atoms with Crippen LogP contribution in [0.1, 0.15) is 30.4 Å². The molecule has 7 nitrogen and oxygen atoms in total. The Labute approximate surface area is 155 Å². The van der Waals surface area contributed by atoms with Gasteiger partial charge >= 0.3 is 0 Å². The number of anilines is 1. The van der Waals surface area contributed by atoms with E-state index in [0.29, 0.717) is 28.0 Å². The molecule has 0 saturated carbocycles. The zero-order valence-corrected chi connectivity index (χ0v) is 16.0. The molecule has 1 aliphatic rings. The fourth-order valence-electron chi connectivity index (χ4n) is 3.15. The summed E-state index contributed by atoms with van der Waals surface area (Å²) in [5, 5.41) is 3.42. The van der Waals surface area contributed by atoms with E-state index in [1.165, 1.54) is 11.8 Å². The number of amides is 1. The first kappa shape index (κ1) is 18.3. The number of nitrogens with zero attached hydrogens (tertiary/aromatic N) is 2. The molecule has 3 rings (SSSR count). The molecule has 8 heteroatoms. The lowest BCUT2D eigenvalue weighted by molar-refractivity contribution is -0.116. The van der Waals surface area contributed by atoms with Crippen LogP contribution in [0.15, 0.2) is 28.2 Å². The number of carbonyl (C=O) groups is 1. The van der Waals surface area contributed by atoms with Crippen LogP contribution in [-0.4, -0.2) is 35.4 Å². The number of benzene rings is 1. The minimum Gasteiger partial charge on any atom is -0.493 e. The largest absolute Gasteiger partial charge is 0.493 e. The molecule has 0 fully saturated rings. The maximum Gasteiger partial charge on any atom is 0.279 e. The van der Waals surface area contributed by atoms with Gasteiger partial charge in [-0.2, -0.15) is 4.98 Å². The predicted molar refractivity (Wildman–Crippen MR) is 101 cm³/mol. The molecule has 0 unspecified atom stereocenters. The van der Waals surface area contributed by atoms with Crippen molar-refractivity contribution in [1.82, 2.24) is 9.55 Å². The summed E-state index contributed by atoms with van der Waals surface area (Å²) in [6, 6.07) is 5.43. The summed E-state index contributed by atoms with van der Waals surface area (Å²) >= 11 is 1.46. The molecule has 1 amide bonds. The average molecular weight is 375 g/mol. The first-order valence-electron chi connectivity index (χ1n) is 8.25. The van der Waals surface area contributed by atoms with Gasteiger partial charge in [0.25, 0.3) is 5.56 Å². The smallest absolute Gasteiger partial charge is 0.279 e. The van der Waals surface area contributed by atoms with E-state index in [-0.39, 0.29) is 23.8 Å². The third kappa shape index (κ3) is 3.16. The Balaban J connectivity index is 2.17. The van der Waals surface area contributed by atoms with Gasteiger partial charge < -0.3 is 19.4 Å². The fourth-order valence-corrected chi connectivity index (χ4v) is 3.84. The third-order valence-electron chi connectivity index (χ3n) is 4.38. The molecule has 0 bridgehead atoms. The van der Waals surface area contributed by atoms with Crippen LogP contribution in [0.25, 0.3) is 0 Å². The Morgan fingerprint density at radius 2 is 2.00 bits per heavy atom. The monoisotopic (exact) mass is 375 g/mol. The minimum atomic E-state index is -0.384. The number of nitrogens with one attached hydrogen (secondary N) is 1. The van der Waals surface area contributed by atoms with E-state index >= 15 is 0 Å². The molecule has 2 aromatic rings. The predicted octanol–water partition coefficient (Wildman–Crippen LogP) is 2.38. The van der Waals surface area contributed by atoms with Gasteiger partial charge in [0, 0.05) is 19.4 Å². The number of thioether (sulfide) groups is 1. The van der Waals surface area contributed by atoms with E-state index in [4.69, 9.17) is 9.47 Å². The molecule has 1 aliphatic heterocycles. The third-order valence-corrected chi connectivity index (χ3v) is 5.30. The van der Waals surface area contributed by atoms with Crippen molar-refractivity contribution >= 4 is 23.5 Å². The number of carbonyl (C=O) groups excluding carboxylic acids is 1. The lowest BCUT2D eigenvalue weighted by Crippen LogP contribution is -2.33. The number of aromatic nitrogens is 2. The molecular formula is C18H21N3O4S. The van der Waals surface area contributed by atoms with Crippen LogP contribution in [0, 0.1) is 0 Å². The summed E-state index contributed by atoms with van der Waals surface area (Å²) < 4.78 is 12.4. The number of ether oxygens (including phenoxy) is 2. The molecular weight excluding hydrogens is 354 g/mol. The van der Waals surface area contributed by atoms with Crippen molar-refractivity contribution < 1.29 is 14.3 Å². The molecule has 1 N–H and O–H groups in total. The summed E-state index contributed by atoms with van der Waals surface area (Å²) in [7, 11) is 4.92. The standard InChI is InChI=1S/C18H21N3O4S/c1-5-26-18-20-17(23)15-11(9-14(22)19-16(15)21(18)2)10-6-7-12(24-3)13(8-10)25-4/h6-8,11H,5,9H2,1-4H3,(H,19,22)/t11-/m1/s1. The van der Waals surface area contributed by atoms with Crippen LogP contribution in [0.2, 0.25) is 0 Å². The molecule has 0 aliphatic carbocycles. The Bertz CT molecular complexity index is 910. The van der Waals surface area contributed by atoms with E-state index in [1.807, 2.05) is 13.0 Å². The zero-order valence-electron chi connectivity index (χ0n) is 15.2. The SMILES string of the molecule is CCSc1nc(=O)c2c(n1C)NC(=O)C[C@@H]2c1ccc(OC)c(OC)c1. The molecule has 2 heterocycles. The van der Waals surface area contributed by atoms with Crippen LogP contribution in [-0.2, 0) is 11.8 Å². The van der Waals surface area contributed by atoms with Crippen molar-refractivity contribution in [1.29, 1.82) is 0 Å². The van der Waals surface area contributed by atoms with Crippen molar-refractivity contribution in [2.24, 2.45) is 7.05 Å². The number of hydrogen-bond acceptors (Lipinski definition) is 6. The highest BCUT2D eigenvalue weighted by Gasteiger charge is 2.32. The van der Waals surface area contributed by atoms with Crippen LogP contribution >= 0.6 is 11.8 Å². The highest BCUT2D eigenvalue weighted by Crippen LogP contribution is 2.39. The summed E-state index contributed by atoms with van der Waals surface area (Å²) in [6.07, 6.45) is 0.180. The Morgan fingerprint density at radius 3 is 2.65 bits per heavy atom.